The Kier molecular flexibility index (Phi) is 6.72. The van der Waals surface area contributed by atoms with Crippen LogP contribution < -0.4 is 15.6 Å². The summed E-state index contributed by atoms with van der Waals surface area (Å²) < 4.78 is 6.55. The lowest BCUT2D eigenvalue weighted by molar-refractivity contribution is -0.120. The second-order valence-electron chi connectivity index (χ2n) is 6.59. The van der Waals surface area contributed by atoms with E-state index in [1.807, 2.05) is 62.4 Å². The number of methoxy groups -OCH3 is 1. The predicted octanol–water partition coefficient (Wildman–Crippen LogP) is 3.35. The van der Waals surface area contributed by atoms with E-state index in [0.717, 1.165) is 16.9 Å². The van der Waals surface area contributed by atoms with Crippen molar-refractivity contribution in [3.05, 3.63) is 82.1 Å². The summed E-state index contributed by atoms with van der Waals surface area (Å²) in [6, 6.07) is 18.2. The van der Waals surface area contributed by atoms with Crippen LogP contribution in [0.1, 0.15) is 18.1 Å². The second-order valence-corrected chi connectivity index (χ2v) is 7.95. The fourth-order valence-electron chi connectivity index (χ4n) is 2.68. The highest BCUT2D eigenvalue weighted by Gasteiger charge is 2.16. The van der Waals surface area contributed by atoms with E-state index < -0.39 is 0 Å². The average Bonchev–Trinajstić information content (AvgIpc) is 2.74. The Hall–Kier alpha value is -3.06. The molecule has 2 aromatic carbocycles. The van der Waals surface area contributed by atoms with Crippen molar-refractivity contribution in [1.82, 2.24) is 15.1 Å². The Bertz CT molecular complexity index is 1050. The zero-order chi connectivity index (χ0) is 20.8. The molecule has 7 heteroatoms. The summed E-state index contributed by atoms with van der Waals surface area (Å²) in [7, 11) is 1.61. The molecule has 1 N–H and O–H groups in total. The largest absolute Gasteiger partial charge is 0.497 e. The summed E-state index contributed by atoms with van der Waals surface area (Å²) in [5, 5.41) is 7.57. The Morgan fingerprint density at radius 1 is 1.17 bits per heavy atom. The number of nitrogens with one attached hydrogen (secondary N) is 1. The van der Waals surface area contributed by atoms with Crippen molar-refractivity contribution >= 4 is 17.7 Å². The number of aryl methyl sites for hydroxylation is 1. The van der Waals surface area contributed by atoms with Gasteiger partial charge in [-0.05, 0) is 49.7 Å². The van der Waals surface area contributed by atoms with E-state index >= 15 is 0 Å². The monoisotopic (exact) mass is 409 g/mol. The number of amides is 1. The first-order chi connectivity index (χ1) is 14.0. The van der Waals surface area contributed by atoms with Crippen LogP contribution in [0.25, 0.3) is 5.69 Å². The van der Waals surface area contributed by atoms with E-state index in [1.165, 1.54) is 22.5 Å². The molecule has 1 amide bonds. The number of carbonyl (C=O) groups is 1. The SMILES string of the molecule is COc1cccc(CNC(=O)[C@@H](C)Sc2ccc(=O)n(-c3ccc(C)cc3)n2)c1. The molecule has 0 radical (unpaired) electrons. The quantitative estimate of drug-likeness (QED) is 0.606. The maximum absolute atomic E-state index is 12.5. The maximum atomic E-state index is 12.5. The van der Waals surface area contributed by atoms with Gasteiger partial charge in [0.05, 0.1) is 18.0 Å². The molecular formula is C22H23N3O3S. The molecule has 0 spiro atoms. The lowest BCUT2D eigenvalue weighted by Crippen LogP contribution is -2.30. The van der Waals surface area contributed by atoms with Crippen molar-refractivity contribution in [2.75, 3.05) is 7.11 Å². The number of ether oxygens (including phenoxy) is 1. The molecule has 0 aliphatic rings. The minimum atomic E-state index is -0.364. The van der Waals surface area contributed by atoms with Crippen molar-refractivity contribution in [2.24, 2.45) is 0 Å². The van der Waals surface area contributed by atoms with Gasteiger partial charge in [0, 0.05) is 12.6 Å². The molecule has 3 rings (SSSR count). The number of benzene rings is 2. The zero-order valence-corrected chi connectivity index (χ0v) is 17.4. The minimum absolute atomic E-state index is 0.104. The molecule has 0 fully saturated rings. The summed E-state index contributed by atoms with van der Waals surface area (Å²) in [5.74, 6) is 0.648. The lowest BCUT2D eigenvalue weighted by atomic mass is 10.2. The number of nitrogens with zero attached hydrogens (tertiary/aromatic N) is 2. The molecular weight excluding hydrogens is 386 g/mol. The maximum Gasteiger partial charge on any atom is 0.271 e. The van der Waals surface area contributed by atoms with Crippen molar-refractivity contribution in [1.29, 1.82) is 0 Å². The Balaban J connectivity index is 1.65. The standard InChI is InChI=1S/C22H23N3O3S/c1-15-7-9-18(10-8-15)25-21(26)12-11-20(24-25)29-16(2)22(27)23-14-17-5-4-6-19(13-17)28-3/h4-13,16H,14H2,1-3H3,(H,23,27)/t16-/m1/s1. The van der Waals surface area contributed by atoms with E-state index in [0.29, 0.717) is 17.3 Å². The van der Waals surface area contributed by atoms with Crippen LogP contribution in [0.3, 0.4) is 0 Å². The minimum Gasteiger partial charge on any atom is -0.497 e. The molecule has 0 aliphatic heterocycles. The van der Waals surface area contributed by atoms with E-state index in [-0.39, 0.29) is 16.7 Å². The van der Waals surface area contributed by atoms with Gasteiger partial charge in [-0.3, -0.25) is 9.59 Å². The van der Waals surface area contributed by atoms with Crippen molar-refractivity contribution in [3.8, 4) is 11.4 Å². The Labute approximate surface area is 173 Å². The molecule has 1 heterocycles. The van der Waals surface area contributed by atoms with Crippen LogP contribution in [-0.4, -0.2) is 28.0 Å². The van der Waals surface area contributed by atoms with Gasteiger partial charge >= 0.3 is 0 Å². The summed E-state index contributed by atoms with van der Waals surface area (Å²) in [4.78, 5) is 24.7. The number of hydrogen-bond acceptors (Lipinski definition) is 5. The molecule has 0 unspecified atom stereocenters. The van der Waals surface area contributed by atoms with Crippen LogP contribution in [0.5, 0.6) is 5.75 Å². The first-order valence-electron chi connectivity index (χ1n) is 9.21. The van der Waals surface area contributed by atoms with E-state index in [4.69, 9.17) is 4.74 Å². The molecule has 3 aromatic rings. The van der Waals surface area contributed by atoms with Gasteiger partial charge in [-0.25, -0.2) is 0 Å². The smallest absolute Gasteiger partial charge is 0.271 e. The van der Waals surface area contributed by atoms with Crippen LogP contribution in [-0.2, 0) is 11.3 Å². The molecule has 0 saturated heterocycles. The lowest BCUT2D eigenvalue weighted by Gasteiger charge is -2.13. The zero-order valence-electron chi connectivity index (χ0n) is 16.6. The van der Waals surface area contributed by atoms with Gasteiger partial charge in [0.15, 0.2) is 0 Å². The first kappa shape index (κ1) is 20.7. The van der Waals surface area contributed by atoms with Crippen LogP contribution in [0.2, 0.25) is 0 Å². The molecule has 29 heavy (non-hydrogen) atoms. The fraction of sp³-hybridized carbons (Fsp3) is 0.227. The van der Waals surface area contributed by atoms with E-state index in [9.17, 15) is 9.59 Å². The normalized spacial score (nSPS) is 11.7. The highest BCUT2D eigenvalue weighted by atomic mass is 32.2. The van der Waals surface area contributed by atoms with E-state index in [2.05, 4.69) is 10.4 Å². The Morgan fingerprint density at radius 3 is 2.66 bits per heavy atom. The van der Waals surface area contributed by atoms with Crippen LogP contribution >= 0.6 is 11.8 Å². The summed E-state index contributed by atoms with van der Waals surface area (Å²) in [6.07, 6.45) is 0. The molecule has 0 saturated carbocycles. The summed E-state index contributed by atoms with van der Waals surface area (Å²) in [5.41, 5.74) is 2.54. The number of hydrogen-bond donors (Lipinski definition) is 1. The summed E-state index contributed by atoms with van der Waals surface area (Å²) >= 11 is 1.31. The molecule has 1 atom stereocenters. The topological polar surface area (TPSA) is 73.2 Å². The van der Waals surface area contributed by atoms with Gasteiger partial charge in [-0.15, -0.1) is 0 Å². The average molecular weight is 410 g/mol. The van der Waals surface area contributed by atoms with E-state index in [1.54, 1.807) is 13.2 Å². The van der Waals surface area contributed by atoms with Gasteiger partial charge in [0.25, 0.3) is 5.56 Å². The molecule has 0 aliphatic carbocycles. The third kappa shape index (κ3) is 5.48. The Morgan fingerprint density at radius 2 is 1.93 bits per heavy atom. The third-order valence-electron chi connectivity index (χ3n) is 4.32. The molecule has 150 valence electrons. The van der Waals surface area contributed by atoms with Crippen molar-refractivity contribution < 1.29 is 9.53 Å². The van der Waals surface area contributed by atoms with Gasteiger partial charge in [0.2, 0.25) is 5.91 Å². The van der Waals surface area contributed by atoms with Gasteiger partial charge in [0.1, 0.15) is 10.8 Å². The van der Waals surface area contributed by atoms with Gasteiger partial charge < -0.3 is 10.1 Å². The number of carbonyl (C=O) groups excluding carboxylic acids is 1. The number of thioether (sulfide) groups is 1. The fourth-order valence-corrected chi connectivity index (χ4v) is 3.51. The van der Waals surface area contributed by atoms with Crippen LogP contribution in [0, 0.1) is 6.92 Å². The van der Waals surface area contributed by atoms with Crippen LogP contribution in [0.15, 0.2) is 70.5 Å². The molecule has 6 nitrogen and oxygen atoms in total. The van der Waals surface area contributed by atoms with Crippen molar-refractivity contribution in [3.63, 3.8) is 0 Å². The predicted molar refractivity (Wildman–Crippen MR) is 115 cm³/mol. The first-order valence-corrected chi connectivity index (χ1v) is 10.1. The number of aromatic nitrogens is 2. The molecule has 1 aromatic heterocycles. The number of rotatable bonds is 7. The highest BCUT2D eigenvalue weighted by molar-refractivity contribution is 8.00. The molecule has 0 bridgehead atoms. The van der Waals surface area contributed by atoms with Crippen molar-refractivity contribution in [2.45, 2.75) is 30.7 Å². The van der Waals surface area contributed by atoms with Crippen LogP contribution in [0.4, 0.5) is 0 Å². The van der Waals surface area contributed by atoms with Gasteiger partial charge in [-0.2, -0.15) is 9.78 Å². The highest BCUT2D eigenvalue weighted by Crippen LogP contribution is 2.21. The summed E-state index contributed by atoms with van der Waals surface area (Å²) in [6.45, 7) is 4.21. The van der Waals surface area contributed by atoms with Gasteiger partial charge in [-0.1, -0.05) is 41.6 Å². The third-order valence-corrected chi connectivity index (χ3v) is 5.35. The second kappa shape index (κ2) is 9.43.